The van der Waals surface area contributed by atoms with Gasteiger partial charge < -0.3 is 14.7 Å². The number of rotatable bonds is 4. The van der Waals surface area contributed by atoms with Crippen molar-refractivity contribution in [3.05, 3.63) is 53.2 Å². The zero-order chi connectivity index (χ0) is 23.8. The van der Waals surface area contributed by atoms with E-state index in [1.807, 2.05) is 12.1 Å². The Morgan fingerprint density at radius 1 is 0.971 bits per heavy atom. The molecule has 2 saturated heterocycles. The molecule has 2 aliphatic heterocycles. The van der Waals surface area contributed by atoms with Gasteiger partial charge in [0.05, 0.1) is 5.69 Å². The third kappa shape index (κ3) is 4.39. The van der Waals surface area contributed by atoms with Crippen molar-refractivity contribution in [3.63, 3.8) is 0 Å². The van der Waals surface area contributed by atoms with Crippen molar-refractivity contribution in [1.29, 1.82) is 0 Å². The van der Waals surface area contributed by atoms with Gasteiger partial charge in [-0.2, -0.15) is 4.98 Å². The van der Waals surface area contributed by atoms with Gasteiger partial charge in [0.25, 0.3) is 0 Å². The molecule has 2 atom stereocenters. The average molecular weight is 482 g/mol. The molecule has 0 spiro atoms. The van der Waals surface area contributed by atoms with E-state index in [-0.39, 0.29) is 11.9 Å². The third-order valence-electron chi connectivity index (χ3n) is 6.84. The van der Waals surface area contributed by atoms with E-state index in [9.17, 15) is 4.39 Å². The summed E-state index contributed by atoms with van der Waals surface area (Å²) >= 11 is 6.29. The summed E-state index contributed by atoms with van der Waals surface area (Å²) in [6.07, 6.45) is 5.51. The molecule has 34 heavy (non-hydrogen) atoms. The van der Waals surface area contributed by atoms with Crippen molar-refractivity contribution >= 4 is 29.2 Å². The predicted octanol–water partition coefficient (Wildman–Crippen LogP) is 4.74. The van der Waals surface area contributed by atoms with E-state index < -0.39 is 0 Å². The summed E-state index contributed by atoms with van der Waals surface area (Å²) in [5.41, 5.74) is 2.13. The van der Waals surface area contributed by atoms with Crippen LogP contribution in [0.5, 0.6) is 0 Å². The molecule has 178 valence electrons. The highest BCUT2D eigenvalue weighted by atomic mass is 35.5. The largest absolute Gasteiger partial charge is 0.350 e. The molecule has 0 unspecified atom stereocenters. The first kappa shape index (κ1) is 22.8. The Balaban J connectivity index is 1.49. The van der Waals surface area contributed by atoms with Gasteiger partial charge in [0, 0.05) is 62.3 Å². The maximum Gasteiger partial charge on any atom is 0.228 e. The Morgan fingerprint density at radius 2 is 1.79 bits per heavy atom. The van der Waals surface area contributed by atoms with Crippen LogP contribution in [-0.2, 0) is 0 Å². The fraction of sp³-hybridized carbons (Fsp3) is 0.440. The lowest BCUT2D eigenvalue weighted by Crippen LogP contribution is -2.53. The van der Waals surface area contributed by atoms with E-state index in [4.69, 9.17) is 21.6 Å². The monoisotopic (exact) mass is 481 g/mol. The van der Waals surface area contributed by atoms with Gasteiger partial charge in [0.1, 0.15) is 11.6 Å². The first-order chi connectivity index (χ1) is 16.4. The number of halogens is 2. The smallest absolute Gasteiger partial charge is 0.228 e. The molecule has 0 saturated carbocycles. The summed E-state index contributed by atoms with van der Waals surface area (Å²) in [5.74, 6) is 2.06. The molecule has 2 aliphatic rings. The van der Waals surface area contributed by atoms with Crippen molar-refractivity contribution in [2.75, 3.05) is 40.9 Å². The first-order valence-corrected chi connectivity index (χ1v) is 12.2. The standard InChI is InChI=1S/C25H29ClFN7/c1-16-6-7-19(13-20(16)27)21-14-22(31-25(30-21)34-10-4-5-17(34)2)33-12-11-32(15-18(33)3)24-23(26)28-8-9-29-24/h6-9,13-14,17-18H,4-5,10-12,15H2,1-3H3/t17-,18-/m1/s1. The second kappa shape index (κ2) is 9.33. The highest BCUT2D eigenvalue weighted by Crippen LogP contribution is 2.32. The lowest BCUT2D eigenvalue weighted by molar-refractivity contribution is 0.541. The molecule has 1 aromatic carbocycles. The zero-order valence-electron chi connectivity index (χ0n) is 19.7. The number of aromatic nitrogens is 4. The SMILES string of the molecule is Cc1ccc(-c2cc(N3CCN(c4nccnc4Cl)C[C@H]3C)nc(N3CCC[C@H]3C)n2)cc1F. The van der Waals surface area contributed by atoms with Crippen molar-refractivity contribution in [1.82, 2.24) is 19.9 Å². The van der Waals surface area contributed by atoms with Crippen molar-refractivity contribution < 1.29 is 4.39 Å². The Bertz CT molecular complexity index is 1190. The average Bonchev–Trinajstić information content (AvgIpc) is 3.26. The number of hydrogen-bond donors (Lipinski definition) is 0. The normalized spacial score (nSPS) is 20.8. The van der Waals surface area contributed by atoms with Gasteiger partial charge >= 0.3 is 0 Å². The van der Waals surface area contributed by atoms with Gasteiger partial charge in [-0.05, 0) is 45.2 Å². The molecule has 7 nitrogen and oxygen atoms in total. The third-order valence-corrected chi connectivity index (χ3v) is 7.10. The number of benzene rings is 1. The molecule has 9 heteroatoms. The molecule has 0 amide bonds. The fourth-order valence-corrected chi connectivity index (χ4v) is 5.07. The molecule has 0 aliphatic carbocycles. The second-order valence-corrected chi connectivity index (χ2v) is 9.58. The van der Waals surface area contributed by atoms with Gasteiger partial charge in [0.15, 0.2) is 11.0 Å². The lowest BCUT2D eigenvalue weighted by atomic mass is 10.1. The summed E-state index contributed by atoms with van der Waals surface area (Å²) in [7, 11) is 0. The van der Waals surface area contributed by atoms with E-state index in [1.54, 1.807) is 31.5 Å². The van der Waals surface area contributed by atoms with Crippen molar-refractivity contribution in [2.24, 2.45) is 0 Å². The molecule has 3 aromatic rings. The molecule has 4 heterocycles. The van der Waals surface area contributed by atoms with Crippen molar-refractivity contribution in [3.8, 4) is 11.3 Å². The van der Waals surface area contributed by atoms with E-state index in [1.165, 1.54) is 0 Å². The van der Waals surface area contributed by atoms with Crippen LogP contribution in [0.15, 0.2) is 36.7 Å². The Kier molecular flexibility index (Phi) is 6.25. The van der Waals surface area contributed by atoms with Gasteiger partial charge in [-0.3, -0.25) is 0 Å². The lowest BCUT2D eigenvalue weighted by Gasteiger charge is -2.41. The number of nitrogens with zero attached hydrogens (tertiary/aromatic N) is 7. The summed E-state index contributed by atoms with van der Waals surface area (Å²) in [5, 5.41) is 0.416. The van der Waals surface area contributed by atoms with E-state index >= 15 is 0 Å². The maximum absolute atomic E-state index is 14.4. The molecule has 0 N–H and O–H groups in total. The zero-order valence-corrected chi connectivity index (χ0v) is 20.5. The van der Waals surface area contributed by atoms with Crippen LogP contribution in [-0.4, -0.2) is 58.2 Å². The van der Waals surface area contributed by atoms with E-state index in [0.29, 0.717) is 28.5 Å². The predicted molar refractivity (Wildman–Crippen MR) is 134 cm³/mol. The van der Waals surface area contributed by atoms with Crippen LogP contribution < -0.4 is 14.7 Å². The molecule has 2 aromatic heterocycles. The highest BCUT2D eigenvalue weighted by Gasteiger charge is 2.29. The van der Waals surface area contributed by atoms with Crippen LogP contribution in [0.4, 0.5) is 22.0 Å². The number of anilines is 3. The van der Waals surface area contributed by atoms with Gasteiger partial charge in [-0.1, -0.05) is 23.7 Å². The van der Waals surface area contributed by atoms with Crippen LogP contribution in [0.2, 0.25) is 5.15 Å². The molecule has 2 fully saturated rings. The number of aryl methyl sites for hydroxylation is 1. The van der Waals surface area contributed by atoms with Gasteiger partial charge in [-0.15, -0.1) is 0 Å². The molecule has 0 bridgehead atoms. The quantitative estimate of drug-likeness (QED) is 0.533. The van der Waals surface area contributed by atoms with Crippen LogP contribution in [0, 0.1) is 12.7 Å². The Hall–Kier alpha value is -3.00. The van der Waals surface area contributed by atoms with Crippen LogP contribution in [0.3, 0.4) is 0 Å². The molecule has 5 rings (SSSR count). The van der Waals surface area contributed by atoms with E-state index in [2.05, 4.69) is 38.5 Å². The minimum Gasteiger partial charge on any atom is -0.350 e. The maximum atomic E-state index is 14.4. The summed E-state index contributed by atoms with van der Waals surface area (Å²) < 4.78 is 14.4. The fourth-order valence-electron chi connectivity index (χ4n) is 4.84. The van der Waals surface area contributed by atoms with Crippen LogP contribution >= 0.6 is 11.6 Å². The topological polar surface area (TPSA) is 61.3 Å². The summed E-state index contributed by atoms with van der Waals surface area (Å²) in [4.78, 5) is 25.2. The van der Waals surface area contributed by atoms with Crippen LogP contribution in [0.1, 0.15) is 32.3 Å². The first-order valence-electron chi connectivity index (χ1n) is 11.8. The summed E-state index contributed by atoms with van der Waals surface area (Å²) in [6, 6.07) is 7.82. The Labute approximate surface area is 204 Å². The van der Waals surface area contributed by atoms with Crippen molar-refractivity contribution in [2.45, 2.75) is 45.7 Å². The Morgan fingerprint density at radius 3 is 2.50 bits per heavy atom. The molecule has 0 radical (unpaired) electrons. The van der Waals surface area contributed by atoms with Crippen LogP contribution in [0.25, 0.3) is 11.3 Å². The van der Waals surface area contributed by atoms with Gasteiger partial charge in [0.2, 0.25) is 5.95 Å². The van der Waals surface area contributed by atoms with Gasteiger partial charge in [-0.25, -0.2) is 19.3 Å². The summed E-state index contributed by atoms with van der Waals surface area (Å²) in [6.45, 7) is 9.32. The second-order valence-electron chi connectivity index (χ2n) is 9.22. The highest BCUT2D eigenvalue weighted by molar-refractivity contribution is 6.31. The minimum atomic E-state index is -0.225. The van der Waals surface area contributed by atoms with E-state index in [0.717, 1.165) is 56.1 Å². The molecular formula is C25H29ClFN7. The minimum absolute atomic E-state index is 0.160. The molecular weight excluding hydrogens is 453 g/mol. The number of piperazine rings is 1. The number of hydrogen-bond acceptors (Lipinski definition) is 7.